The number of nitriles is 1. The highest BCUT2D eigenvalue weighted by atomic mass is 16.5. The topological polar surface area (TPSA) is 102 Å². The lowest BCUT2D eigenvalue weighted by molar-refractivity contribution is 0.415. The van der Waals surface area contributed by atoms with Crippen LogP contribution in [0.1, 0.15) is 31.2 Å². The van der Waals surface area contributed by atoms with Gasteiger partial charge in [-0.05, 0) is 23.6 Å². The summed E-state index contributed by atoms with van der Waals surface area (Å²) in [6.45, 7) is 4.09. The van der Waals surface area contributed by atoms with Gasteiger partial charge in [0, 0.05) is 0 Å². The van der Waals surface area contributed by atoms with Crippen LogP contribution in [-0.4, -0.2) is 26.9 Å². The number of nitrogen functional groups attached to an aromatic ring is 1. The lowest BCUT2D eigenvalue weighted by atomic mass is 9.99. The molecule has 7 heteroatoms. The number of fused-ring (bicyclic) bond motifs is 1. The van der Waals surface area contributed by atoms with E-state index in [1.165, 1.54) is 4.52 Å². The molecule has 0 fully saturated rings. The zero-order valence-electron chi connectivity index (χ0n) is 13.1. The van der Waals surface area contributed by atoms with Crippen molar-refractivity contribution in [1.82, 2.24) is 19.8 Å². The van der Waals surface area contributed by atoms with E-state index in [0.717, 1.165) is 22.6 Å². The summed E-state index contributed by atoms with van der Waals surface area (Å²) in [6.07, 6.45) is 0. The fraction of sp³-hybridized carbons (Fsp3) is 0.250. The molecule has 0 saturated carbocycles. The van der Waals surface area contributed by atoms with E-state index in [2.05, 4.69) is 15.3 Å². The van der Waals surface area contributed by atoms with E-state index >= 15 is 0 Å². The van der Waals surface area contributed by atoms with Crippen molar-refractivity contribution in [2.75, 3.05) is 12.8 Å². The van der Waals surface area contributed by atoms with Crippen LogP contribution in [0.4, 0.5) is 5.82 Å². The van der Waals surface area contributed by atoms with Crippen LogP contribution in [0, 0.1) is 11.3 Å². The van der Waals surface area contributed by atoms with Crippen molar-refractivity contribution in [3.05, 3.63) is 35.7 Å². The van der Waals surface area contributed by atoms with Gasteiger partial charge in [0.25, 0.3) is 0 Å². The van der Waals surface area contributed by atoms with Crippen molar-refractivity contribution in [3.8, 4) is 22.9 Å². The van der Waals surface area contributed by atoms with Gasteiger partial charge >= 0.3 is 0 Å². The second kappa shape index (κ2) is 5.57. The Balaban J connectivity index is 2.31. The first-order valence-electron chi connectivity index (χ1n) is 7.16. The van der Waals surface area contributed by atoms with Crippen LogP contribution in [0.15, 0.2) is 24.3 Å². The van der Waals surface area contributed by atoms with Crippen LogP contribution >= 0.6 is 0 Å². The first-order valence-corrected chi connectivity index (χ1v) is 7.16. The maximum absolute atomic E-state index is 9.05. The molecule has 2 N–H and O–H groups in total. The molecule has 0 aliphatic heterocycles. The molecule has 2 heterocycles. The van der Waals surface area contributed by atoms with E-state index in [-0.39, 0.29) is 17.4 Å². The normalized spacial score (nSPS) is 10.9. The summed E-state index contributed by atoms with van der Waals surface area (Å²) >= 11 is 0. The van der Waals surface area contributed by atoms with E-state index in [0.29, 0.717) is 5.65 Å². The number of anilines is 1. The maximum Gasteiger partial charge on any atom is 0.205 e. The molecule has 0 amide bonds. The van der Waals surface area contributed by atoms with Crippen molar-refractivity contribution in [1.29, 1.82) is 5.26 Å². The summed E-state index contributed by atoms with van der Waals surface area (Å²) in [6, 6.07) is 9.57. The number of ether oxygens (including phenoxy) is 1. The molecule has 7 nitrogen and oxygen atoms in total. The number of nitrogens with two attached hydrogens (primary N) is 1. The van der Waals surface area contributed by atoms with E-state index in [1.54, 1.807) is 7.11 Å². The van der Waals surface area contributed by atoms with E-state index < -0.39 is 0 Å². The fourth-order valence-electron chi connectivity index (χ4n) is 2.45. The van der Waals surface area contributed by atoms with Crippen LogP contribution in [0.3, 0.4) is 0 Å². The van der Waals surface area contributed by atoms with Crippen LogP contribution in [0.25, 0.3) is 16.8 Å². The number of benzene rings is 1. The Morgan fingerprint density at radius 2 is 1.91 bits per heavy atom. The number of rotatable bonds is 3. The summed E-state index contributed by atoms with van der Waals surface area (Å²) in [5, 5.41) is 21.6. The third-order valence-corrected chi connectivity index (χ3v) is 3.64. The highest BCUT2D eigenvalue weighted by Gasteiger charge is 2.21. The minimum atomic E-state index is 0.0663. The molecule has 3 aromatic rings. The van der Waals surface area contributed by atoms with Gasteiger partial charge in [-0.15, -0.1) is 10.2 Å². The van der Waals surface area contributed by atoms with Gasteiger partial charge in [0.05, 0.1) is 18.4 Å². The Kier molecular flexibility index (Phi) is 3.58. The number of aromatic nitrogens is 4. The van der Waals surface area contributed by atoms with Gasteiger partial charge in [0.2, 0.25) is 5.69 Å². The molecule has 0 saturated heterocycles. The van der Waals surface area contributed by atoms with E-state index in [4.69, 9.17) is 15.7 Å². The summed E-state index contributed by atoms with van der Waals surface area (Å²) in [4.78, 5) is 0. The Morgan fingerprint density at radius 1 is 1.22 bits per heavy atom. The summed E-state index contributed by atoms with van der Waals surface area (Å²) in [5.41, 5.74) is 9.26. The molecule has 0 spiro atoms. The molecule has 0 aliphatic rings. The molecule has 0 bridgehead atoms. The van der Waals surface area contributed by atoms with Crippen molar-refractivity contribution < 1.29 is 4.74 Å². The lowest BCUT2D eigenvalue weighted by Gasteiger charge is -2.06. The predicted molar refractivity (Wildman–Crippen MR) is 86.0 cm³/mol. The number of hydrogen-bond acceptors (Lipinski definition) is 6. The van der Waals surface area contributed by atoms with Crippen LogP contribution in [-0.2, 0) is 0 Å². The summed E-state index contributed by atoms with van der Waals surface area (Å²) in [7, 11) is 1.62. The van der Waals surface area contributed by atoms with Crippen molar-refractivity contribution >= 4 is 11.5 Å². The second-order valence-corrected chi connectivity index (χ2v) is 5.42. The Morgan fingerprint density at radius 3 is 2.48 bits per heavy atom. The minimum absolute atomic E-state index is 0.0663. The van der Waals surface area contributed by atoms with Crippen molar-refractivity contribution in [2.24, 2.45) is 0 Å². The first kappa shape index (κ1) is 14.8. The molecular weight excluding hydrogens is 292 g/mol. The highest BCUT2D eigenvalue weighted by Crippen LogP contribution is 2.33. The molecule has 0 aliphatic carbocycles. The summed E-state index contributed by atoms with van der Waals surface area (Å²) in [5.74, 6) is 1.13. The third kappa shape index (κ3) is 2.34. The average Bonchev–Trinajstić information content (AvgIpc) is 2.96. The van der Waals surface area contributed by atoms with Crippen LogP contribution < -0.4 is 10.5 Å². The standard InChI is InChI=1S/C16H16N6O/c1-9(2)14-13(10-4-6-11(23-3)7-5-10)16-20-19-12(8-17)15(18)22(16)21-14/h4-7,9H,18H2,1-3H3. The summed E-state index contributed by atoms with van der Waals surface area (Å²) < 4.78 is 6.68. The molecule has 23 heavy (non-hydrogen) atoms. The number of nitrogens with zero attached hydrogens (tertiary/aromatic N) is 5. The van der Waals surface area contributed by atoms with Gasteiger partial charge in [0.1, 0.15) is 11.8 Å². The molecule has 1 aromatic carbocycles. The smallest absolute Gasteiger partial charge is 0.205 e. The molecule has 116 valence electrons. The van der Waals surface area contributed by atoms with Gasteiger partial charge < -0.3 is 10.5 Å². The molecule has 0 unspecified atom stereocenters. The molecule has 2 aromatic heterocycles. The van der Waals surface area contributed by atoms with E-state index in [9.17, 15) is 0 Å². The maximum atomic E-state index is 9.05. The molecule has 0 atom stereocenters. The first-order chi connectivity index (χ1) is 11.1. The Labute approximate surface area is 133 Å². The molecule has 3 rings (SSSR count). The molecular formula is C16H16N6O. The van der Waals surface area contributed by atoms with Gasteiger partial charge in [-0.2, -0.15) is 14.9 Å². The highest BCUT2D eigenvalue weighted by molar-refractivity contribution is 5.81. The van der Waals surface area contributed by atoms with Crippen molar-refractivity contribution in [2.45, 2.75) is 19.8 Å². The zero-order valence-corrected chi connectivity index (χ0v) is 13.1. The van der Waals surface area contributed by atoms with Gasteiger partial charge in [0.15, 0.2) is 11.5 Å². The fourth-order valence-corrected chi connectivity index (χ4v) is 2.45. The number of hydrogen-bond donors (Lipinski definition) is 1. The average molecular weight is 308 g/mol. The van der Waals surface area contributed by atoms with Crippen molar-refractivity contribution in [3.63, 3.8) is 0 Å². The monoisotopic (exact) mass is 308 g/mol. The number of methoxy groups -OCH3 is 1. The second-order valence-electron chi connectivity index (χ2n) is 5.42. The largest absolute Gasteiger partial charge is 0.497 e. The van der Waals surface area contributed by atoms with Crippen LogP contribution in [0.5, 0.6) is 5.75 Å². The van der Waals surface area contributed by atoms with Gasteiger partial charge in [-0.25, -0.2) is 0 Å². The van der Waals surface area contributed by atoms with Gasteiger partial charge in [-0.1, -0.05) is 26.0 Å². The SMILES string of the molecule is COc1ccc(-c2c(C(C)C)nn3c(N)c(C#N)nnc23)cc1. The predicted octanol–water partition coefficient (Wildman–Crippen LogP) is 2.38. The van der Waals surface area contributed by atoms with E-state index in [1.807, 2.05) is 44.2 Å². The lowest BCUT2D eigenvalue weighted by Crippen LogP contribution is -2.06. The Hall–Kier alpha value is -3.14. The quantitative estimate of drug-likeness (QED) is 0.797. The Bertz CT molecular complexity index is 905. The zero-order chi connectivity index (χ0) is 16.6. The van der Waals surface area contributed by atoms with Gasteiger partial charge in [-0.3, -0.25) is 0 Å². The minimum Gasteiger partial charge on any atom is -0.497 e. The van der Waals surface area contributed by atoms with Crippen LogP contribution in [0.2, 0.25) is 0 Å². The third-order valence-electron chi connectivity index (χ3n) is 3.64. The molecule has 0 radical (unpaired) electrons.